The van der Waals surface area contributed by atoms with E-state index in [4.69, 9.17) is 44.3 Å². The summed E-state index contributed by atoms with van der Waals surface area (Å²) in [5.74, 6) is 0. The summed E-state index contributed by atoms with van der Waals surface area (Å²) in [5, 5.41) is 0. The second-order valence-corrected chi connectivity index (χ2v) is 15.6. The predicted molar refractivity (Wildman–Crippen MR) is 59.6 cm³/mol. The zero-order chi connectivity index (χ0) is 9.07. The topological polar surface area (TPSA) is 0 Å². The zero-order valence-electron chi connectivity index (χ0n) is 6.50. The molecule has 1 atom stereocenters. The Kier molecular flexibility index (Phi) is 6.13. The summed E-state index contributed by atoms with van der Waals surface area (Å²) in [5.41, 5.74) is 0.382. The van der Waals surface area contributed by atoms with Crippen LogP contribution in [0.5, 0.6) is 0 Å². The molecule has 67 valence electrons. The highest BCUT2D eigenvalue weighted by Crippen LogP contribution is 2.29. The first-order valence-corrected chi connectivity index (χ1v) is 11.7. The molecule has 0 spiro atoms. The average molecular weight is 269 g/mol. The van der Waals surface area contributed by atoms with Crippen LogP contribution in [0.15, 0.2) is 0 Å². The minimum absolute atomic E-state index is 0.382. The summed E-state index contributed by atoms with van der Waals surface area (Å²) in [6.07, 6.45) is 0.955. The fourth-order valence-corrected chi connectivity index (χ4v) is 3.48. The van der Waals surface area contributed by atoms with Gasteiger partial charge < -0.3 is 0 Å². The van der Waals surface area contributed by atoms with Gasteiger partial charge in [-0.2, -0.15) is 0 Å². The van der Waals surface area contributed by atoms with E-state index in [-0.39, 0.29) is 0 Å². The van der Waals surface area contributed by atoms with Gasteiger partial charge in [0, 0.05) is 0 Å². The highest BCUT2D eigenvalue weighted by Gasteiger charge is 2.24. The predicted octanol–water partition coefficient (Wildman–Crippen LogP) is 4.28. The highest BCUT2D eigenvalue weighted by molar-refractivity contribution is 7.44. The maximum atomic E-state index is 5.91. The van der Waals surface area contributed by atoms with E-state index in [2.05, 4.69) is 0 Å². The lowest BCUT2D eigenvalue weighted by molar-refractivity contribution is 0.865. The lowest BCUT2D eigenvalue weighted by Gasteiger charge is -2.14. The molecule has 0 N–H and O–H groups in total. The molecule has 0 rings (SSSR count). The van der Waals surface area contributed by atoms with Crippen LogP contribution in [-0.2, 0) is 0 Å². The van der Waals surface area contributed by atoms with Gasteiger partial charge >= 0.3 is 0 Å². The average Bonchev–Trinajstić information content (AvgIpc) is 1.80. The quantitative estimate of drug-likeness (QED) is 0.527. The van der Waals surface area contributed by atoms with Crippen LogP contribution in [0.2, 0.25) is 18.1 Å². The van der Waals surface area contributed by atoms with Gasteiger partial charge in [-0.3, -0.25) is 0 Å². The standard InChI is InChI=1S/C5H11Cl4Si2/c1-5(10(6)7)3-4-11(2,8)9/h5H,3-4H2,1-2H3. The minimum atomic E-state index is -1.92. The first kappa shape index (κ1) is 12.6. The second kappa shape index (κ2) is 5.35. The van der Waals surface area contributed by atoms with Crippen LogP contribution in [0.3, 0.4) is 0 Å². The molecule has 1 unspecified atom stereocenters. The Bertz CT molecular complexity index is 112. The maximum absolute atomic E-state index is 5.91. The van der Waals surface area contributed by atoms with Gasteiger partial charge in [-0.15, -0.1) is 44.3 Å². The summed E-state index contributed by atoms with van der Waals surface area (Å²) in [6.45, 7) is 2.04. The number of rotatable bonds is 4. The molecule has 0 amide bonds. The van der Waals surface area contributed by atoms with Crippen LogP contribution in [0.4, 0.5) is 0 Å². The van der Waals surface area contributed by atoms with E-state index in [0.717, 1.165) is 12.5 Å². The minimum Gasteiger partial charge on any atom is -0.146 e. The molecule has 0 fully saturated rings. The van der Waals surface area contributed by atoms with Crippen molar-refractivity contribution in [2.75, 3.05) is 0 Å². The Hall–Kier alpha value is 1.59. The van der Waals surface area contributed by atoms with Gasteiger partial charge in [0.1, 0.15) is 0 Å². The Morgan fingerprint density at radius 1 is 1.36 bits per heavy atom. The van der Waals surface area contributed by atoms with Crippen LogP contribution < -0.4 is 0 Å². The molecule has 1 radical (unpaired) electrons. The lowest BCUT2D eigenvalue weighted by Crippen LogP contribution is -2.14. The van der Waals surface area contributed by atoms with E-state index in [0.29, 0.717) is 5.54 Å². The molecular formula is C5H11Cl4Si2. The van der Waals surface area contributed by atoms with Gasteiger partial charge in [0.2, 0.25) is 6.69 Å². The van der Waals surface area contributed by atoms with Gasteiger partial charge in [0.05, 0.1) is 0 Å². The van der Waals surface area contributed by atoms with Crippen molar-refractivity contribution in [3.63, 3.8) is 0 Å². The molecule has 0 saturated heterocycles. The zero-order valence-corrected chi connectivity index (χ0v) is 11.5. The van der Waals surface area contributed by atoms with Gasteiger partial charge in [-0.25, -0.2) is 0 Å². The number of halogens is 4. The molecule has 0 aromatic rings. The van der Waals surface area contributed by atoms with E-state index < -0.39 is 14.1 Å². The summed E-state index contributed by atoms with van der Waals surface area (Å²) in [4.78, 5) is 0. The van der Waals surface area contributed by atoms with Crippen LogP contribution in [0, 0.1) is 0 Å². The van der Waals surface area contributed by atoms with Crippen molar-refractivity contribution >= 4 is 58.4 Å². The summed E-state index contributed by atoms with van der Waals surface area (Å²) < 4.78 is 0. The normalized spacial score (nSPS) is 15.5. The largest absolute Gasteiger partial charge is 0.276 e. The van der Waals surface area contributed by atoms with Crippen LogP contribution in [0.25, 0.3) is 0 Å². The fourth-order valence-electron chi connectivity index (χ4n) is 0.579. The van der Waals surface area contributed by atoms with Crippen molar-refractivity contribution in [2.45, 2.75) is 31.5 Å². The van der Waals surface area contributed by atoms with E-state index in [1.807, 2.05) is 13.5 Å². The summed E-state index contributed by atoms with van der Waals surface area (Å²) in [6, 6.07) is 0.880. The van der Waals surface area contributed by atoms with Gasteiger partial charge in [-0.05, 0) is 18.1 Å². The van der Waals surface area contributed by atoms with E-state index in [1.165, 1.54) is 0 Å². The third-order valence-electron chi connectivity index (χ3n) is 1.39. The Balaban J connectivity index is 3.54. The van der Waals surface area contributed by atoms with E-state index in [1.54, 1.807) is 0 Å². The monoisotopic (exact) mass is 267 g/mol. The summed E-state index contributed by atoms with van der Waals surface area (Å²) in [7, 11) is -1.19. The van der Waals surface area contributed by atoms with Crippen molar-refractivity contribution in [1.29, 1.82) is 0 Å². The Labute approximate surface area is 89.6 Å². The van der Waals surface area contributed by atoms with E-state index >= 15 is 0 Å². The number of hydrogen-bond acceptors (Lipinski definition) is 0. The van der Waals surface area contributed by atoms with Crippen LogP contribution in [0.1, 0.15) is 13.3 Å². The van der Waals surface area contributed by atoms with Crippen molar-refractivity contribution in [3.05, 3.63) is 0 Å². The van der Waals surface area contributed by atoms with Crippen molar-refractivity contribution in [1.82, 2.24) is 0 Å². The Morgan fingerprint density at radius 2 is 1.82 bits per heavy atom. The van der Waals surface area contributed by atoms with Gasteiger partial charge in [-0.1, -0.05) is 13.3 Å². The van der Waals surface area contributed by atoms with Crippen molar-refractivity contribution in [3.8, 4) is 0 Å². The smallest absolute Gasteiger partial charge is 0.146 e. The number of hydrogen-bond donors (Lipinski definition) is 0. The first-order chi connectivity index (χ1) is 4.83. The molecule has 0 aliphatic rings. The first-order valence-electron chi connectivity index (χ1n) is 3.38. The molecule has 0 aromatic carbocycles. The van der Waals surface area contributed by atoms with Crippen LogP contribution >= 0.6 is 44.3 Å². The second-order valence-electron chi connectivity index (χ2n) is 2.80. The van der Waals surface area contributed by atoms with Crippen molar-refractivity contribution in [2.24, 2.45) is 0 Å². The van der Waals surface area contributed by atoms with Gasteiger partial charge in [0.15, 0.2) is 0 Å². The van der Waals surface area contributed by atoms with E-state index in [9.17, 15) is 0 Å². The molecular weight excluding hydrogens is 258 g/mol. The molecule has 6 heteroatoms. The Morgan fingerprint density at radius 3 is 2.09 bits per heavy atom. The molecule has 0 heterocycles. The molecule has 0 aliphatic carbocycles. The summed E-state index contributed by atoms with van der Waals surface area (Å²) >= 11 is 23.3. The lowest BCUT2D eigenvalue weighted by atomic mass is 10.4. The maximum Gasteiger partial charge on any atom is 0.276 e. The SMILES string of the molecule is CC(CC[Si](C)(Cl)Cl)[Si](Cl)Cl. The third-order valence-corrected chi connectivity index (χ3v) is 6.96. The van der Waals surface area contributed by atoms with Crippen LogP contribution in [-0.4, -0.2) is 14.1 Å². The van der Waals surface area contributed by atoms with Gasteiger partial charge in [0.25, 0.3) is 7.42 Å². The molecule has 0 saturated carbocycles. The molecule has 0 aromatic heterocycles. The van der Waals surface area contributed by atoms with Crippen molar-refractivity contribution < 1.29 is 0 Å². The highest BCUT2D eigenvalue weighted by atomic mass is 35.7. The fraction of sp³-hybridized carbons (Fsp3) is 1.00. The molecule has 0 bridgehead atoms. The molecule has 11 heavy (non-hydrogen) atoms. The third kappa shape index (κ3) is 7.94. The molecule has 0 aliphatic heterocycles. The molecule has 0 nitrogen and oxygen atoms in total.